The number of methoxy groups -OCH3 is 1. The maximum atomic E-state index is 5.39. The third kappa shape index (κ3) is 6.71. The third-order valence-corrected chi connectivity index (χ3v) is 3.08. The lowest BCUT2D eigenvalue weighted by Gasteiger charge is -2.07. The zero-order valence-corrected chi connectivity index (χ0v) is 12.0. The Balaban J connectivity index is 2.19. The molecule has 0 radical (unpaired) electrons. The lowest BCUT2D eigenvalue weighted by atomic mass is 10.3. The highest BCUT2D eigenvalue weighted by atomic mass is 32.2. The van der Waals surface area contributed by atoms with Crippen molar-refractivity contribution in [3.05, 3.63) is 18.3 Å². The predicted octanol–water partition coefficient (Wildman–Crippen LogP) is 2.66. The van der Waals surface area contributed by atoms with Crippen molar-refractivity contribution in [2.75, 3.05) is 44.2 Å². The summed E-state index contributed by atoms with van der Waals surface area (Å²) in [6, 6.07) is 3.86. The Morgan fingerprint density at radius 2 is 2.17 bits per heavy atom. The molecule has 5 heteroatoms. The summed E-state index contributed by atoms with van der Waals surface area (Å²) in [7, 11) is 1.65. The highest BCUT2D eigenvalue weighted by molar-refractivity contribution is 7.98. The number of pyridine rings is 1. The van der Waals surface area contributed by atoms with Gasteiger partial charge in [0.2, 0.25) is 5.88 Å². The molecular weight excluding hydrogens is 248 g/mol. The summed E-state index contributed by atoms with van der Waals surface area (Å²) in [6.07, 6.45) is 6.38. The molecule has 0 unspecified atom stereocenters. The van der Waals surface area contributed by atoms with Gasteiger partial charge >= 0.3 is 0 Å². The summed E-state index contributed by atoms with van der Waals surface area (Å²) < 4.78 is 10.3. The van der Waals surface area contributed by atoms with Gasteiger partial charge in [0, 0.05) is 19.7 Å². The molecule has 0 saturated heterocycles. The van der Waals surface area contributed by atoms with Crippen molar-refractivity contribution >= 4 is 17.4 Å². The molecule has 0 aliphatic heterocycles. The van der Waals surface area contributed by atoms with Gasteiger partial charge < -0.3 is 14.8 Å². The van der Waals surface area contributed by atoms with E-state index in [9.17, 15) is 0 Å². The SMILES string of the molecule is COCCOc1ccc(NCCCCSC)cn1. The molecule has 0 atom stereocenters. The molecule has 0 amide bonds. The van der Waals surface area contributed by atoms with Gasteiger partial charge in [-0.1, -0.05) is 0 Å². The number of thioether (sulfide) groups is 1. The van der Waals surface area contributed by atoms with E-state index in [0.717, 1.165) is 12.2 Å². The number of rotatable bonds is 10. The number of anilines is 1. The van der Waals surface area contributed by atoms with Crippen LogP contribution < -0.4 is 10.1 Å². The van der Waals surface area contributed by atoms with Gasteiger partial charge in [-0.2, -0.15) is 11.8 Å². The molecule has 0 fully saturated rings. The molecule has 1 N–H and O–H groups in total. The summed E-state index contributed by atoms with van der Waals surface area (Å²) in [4.78, 5) is 4.22. The summed E-state index contributed by atoms with van der Waals surface area (Å²) in [5.41, 5.74) is 1.04. The van der Waals surface area contributed by atoms with Gasteiger partial charge in [-0.3, -0.25) is 0 Å². The quantitative estimate of drug-likeness (QED) is 0.662. The second-order valence-electron chi connectivity index (χ2n) is 3.85. The molecule has 0 saturated carbocycles. The van der Waals surface area contributed by atoms with Crippen molar-refractivity contribution in [2.24, 2.45) is 0 Å². The third-order valence-electron chi connectivity index (χ3n) is 2.38. The lowest BCUT2D eigenvalue weighted by molar-refractivity contribution is 0.144. The number of aromatic nitrogens is 1. The highest BCUT2D eigenvalue weighted by Gasteiger charge is 1.96. The van der Waals surface area contributed by atoms with Crippen molar-refractivity contribution in [1.82, 2.24) is 4.98 Å². The van der Waals surface area contributed by atoms with Crippen LogP contribution in [0, 0.1) is 0 Å². The first-order valence-electron chi connectivity index (χ1n) is 6.17. The van der Waals surface area contributed by atoms with E-state index in [2.05, 4.69) is 16.6 Å². The van der Waals surface area contributed by atoms with Crippen LogP contribution in [0.15, 0.2) is 18.3 Å². The van der Waals surface area contributed by atoms with E-state index in [1.165, 1.54) is 18.6 Å². The molecule has 4 nitrogen and oxygen atoms in total. The van der Waals surface area contributed by atoms with Gasteiger partial charge in [-0.05, 0) is 30.9 Å². The second kappa shape index (κ2) is 10.0. The van der Waals surface area contributed by atoms with Gasteiger partial charge in [0.1, 0.15) is 6.61 Å². The van der Waals surface area contributed by atoms with Crippen molar-refractivity contribution in [2.45, 2.75) is 12.8 Å². The molecule has 1 aromatic rings. The molecule has 102 valence electrons. The van der Waals surface area contributed by atoms with Crippen LogP contribution >= 0.6 is 11.8 Å². The van der Waals surface area contributed by atoms with E-state index < -0.39 is 0 Å². The molecule has 0 spiro atoms. The monoisotopic (exact) mass is 270 g/mol. The minimum absolute atomic E-state index is 0.533. The standard InChI is InChI=1S/C13H22N2O2S/c1-16-8-9-17-13-6-5-12(11-15-13)14-7-3-4-10-18-2/h5-6,11,14H,3-4,7-10H2,1-2H3. The summed E-state index contributed by atoms with van der Waals surface area (Å²) in [5.74, 6) is 1.87. The molecule has 18 heavy (non-hydrogen) atoms. The maximum Gasteiger partial charge on any atom is 0.213 e. The fourth-order valence-electron chi connectivity index (χ4n) is 1.40. The van der Waals surface area contributed by atoms with Crippen LogP contribution in [0.1, 0.15) is 12.8 Å². The maximum absolute atomic E-state index is 5.39. The lowest BCUT2D eigenvalue weighted by Crippen LogP contribution is -2.06. The van der Waals surface area contributed by atoms with E-state index in [0.29, 0.717) is 19.1 Å². The van der Waals surface area contributed by atoms with E-state index in [1.807, 2.05) is 23.9 Å². The molecule has 0 aliphatic carbocycles. The number of ether oxygens (including phenoxy) is 2. The van der Waals surface area contributed by atoms with E-state index >= 15 is 0 Å². The topological polar surface area (TPSA) is 43.4 Å². The van der Waals surface area contributed by atoms with E-state index in [1.54, 1.807) is 13.3 Å². The van der Waals surface area contributed by atoms with Crippen molar-refractivity contribution in [3.8, 4) is 5.88 Å². The first kappa shape index (κ1) is 15.1. The number of nitrogens with zero attached hydrogens (tertiary/aromatic N) is 1. The van der Waals surface area contributed by atoms with E-state index in [4.69, 9.17) is 9.47 Å². The van der Waals surface area contributed by atoms with Crippen LogP contribution in [-0.4, -0.2) is 43.9 Å². The van der Waals surface area contributed by atoms with Crippen molar-refractivity contribution < 1.29 is 9.47 Å². The van der Waals surface area contributed by atoms with Crippen molar-refractivity contribution in [1.29, 1.82) is 0 Å². The Hall–Kier alpha value is -0.940. The van der Waals surface area contributed by atoms with Gasteiger partial charge in [0.25, 0.3) is 0 Å². The van der Waals surface area contributed by atoms with Gasteiger partial charge in [0.05, 0.1) is 18.5 Å². The number of hydrogen-bond donors (Lipinski definition) is 1. The Kier molecular flexibility index (Phi) is 8.42. The smallest absolute Gasteiger partial charge is 0.213 e. The Morgan fingerprint density at radius 3 is 2.83 bits per heavy atom. The zero-order chi connectivity index (χ0) is 13.1. The first-order valence-corrected chi connectivity index (χ1v) is 7.57. The Bertz CT molecular complexity index is 306. The van der Waals surface area contributed by atoms with Crippen LogP contribution in [0.2, 0.25) is 0 Å². The molecular formula is C13H22N2O2S. The van der Waals surface area contributed by atoms with Crippen LogP contribution in [0.5, 0.6) is 5.88 Å². The van der Waals surface area contributed by atoms with Crippen LogP contribution in [0.25, 0.3) is 0 Å². The number of unbranched alkanes of at least 4 members (excludes halogenated alkanes) is 1. The van der Waals surface area contributed by atoms with Crippen molar-refractivity contribution in [3.63, 3.8) is 0 Å². The molecule has 0 aromatic carbocycles. The normalized spacial score (nSPS) is 10.3. The van der Waals surface area contributed by atoms with Crippen LogP contribution in [0.3, 0.4) is 0 Å². The van der Waals surface area contributed by atoms with Gasteiger partial charge in [-0.15, -0.1) is 0 Å². The molecule has 1 aromatic heterocycles. The Morgan fingerprint density at radius 1 is 1.28 bits per heavy atom. The molecule has 0 bridgehead atoms. The largest absolute Gasteiger partial charge is 0.475 e. The van der Waals surface area contributed by atoms with Crippen LogP contribution in [0.4, 0.5) is 5.69 Å². The first-order chi connectivity index (χ1) is 8.86. The van der Waals surface area contributed by atoms with Crippen LogP contribution in [-0.2, 0) is 4.74 Å². The number of hydrogen-bond acceptors (Lipinski definition) is 5. The van der Waals surface area contributed by atoms with Gasteiger partial charge in [0.15, 0.2) is 0 Å². The molecule has 1 heterocycles. The molecule has 0 aliphatic rings. The van der Waals surface area contributed by atoms with E-state index in [-0.39, 0.29) is 0 Å². The minimum atomic E-state index is 0.533. The van der Waals surface area contributed by atoms with Gasteiger partial charge in [-0.25, -0.2) is 4.98 Å². The number of nitrogens with one attached hydrogen (secondary N) is 1. The Labute approximate surface area is 113 Å². The second-order valence-corrected chi connectivity index (χ2v) is 4.84. The highest BCUT2D eigenvalue weighted by Crippen LogP contribution is 2.11. The fraction of sp³-hybridized carbons (Fsp3) is 0.615. The average Bonchev–Trinajstić information content (AvgIpc) is 2.40. The summed E-state index contributed by atoms with van der Waals surface area (Å²) in [6.45, 7) is 2.11. The summed E-state index contributed by atoms with van der Waals surface area (Å²) >= 11 is 1.89. The predicted molar refractivity (Wildman–Crippen MR) is 77.7 cm³/mol. The minimum Gasteiger partial charge on any atom is -0.475 e. The molecule has 1 rings (SSSR count). The fourth-order valence-corrected chi connectivity index (χ4v) is 1.90. The zero-order valence-electron chi connectivity index (χ0n) is 11.1. The summed E-state index contributed by atoms with van der Waals surface area (Å²) in [5, 5.41) is 3.35. The average molecular weight is 270 g/mol.